The van der Waals surface area contributed by atoms with Crippen LogP contribution in [0.25, 0.3) is 27.9 Å². The molecule has 3 aromatic heterocycles. The Bertz CT molecular complexity index is 1730. The Kier molecular flexibility index (Phi) is 5.97. The van der Waals surface area contributed by atoms with Crippen molar-refractivity contribution in [2.24, 2.45) is 0 Å². The van der Waals surface area contributed by atoms with E-state index in [9.17, 15) is 14.3 Å². The molecule has 10 heteroatoms. The molecule has 0 bridgehead atoms. The minimum atomic E-state index is -0.677. The van der Waals surface area contributed by atoms with Crippen molar-refractivity contribution >= 4 is 40.0 Å². The first-order valence-electron chi connectivity index (χ1n) is 11.9. The van der Waals surface area contributed by atoms with E-state index in [1.54, 1.807) is 22.9 Å². The Balaban J connectivity index is 1.59. The largest absolute Gasteiger partial charge is 0.459 e. The number of rotatable bonds is 6. The van der Waals surface area contributed by atoms with Gasteiger partial charge in [0.25, 0.3) is 0 Å². The smallest absolute Gasteiger partial charge is 0.164 e. The van der Waals surface area contributed by atoms with E-state index in [2.05, 4.69) is 9.97 Å². The molecule has 0 radical (unpaired) electrons. The molecule has 2 atom stereocenters. The summed E-state index contributed by atoms with van der Waals surface area (Å²) in [6.07, 6.45) is 2.22. The number of fused-ring (bicyclic) bond motifs is 2. The van der Waals surface area contributed by atoms with Crippen molar-refractivity contribution in [3.63, 3.8) is 0 Å². The summed E-state index contributed by atoms with van der Waals surface area (Å²) in [6.45, 7) is 1.79. The van der Waals surface area contributed by atoms with E-state index < -0.39 is 17.8 Å². The molecular weight excluding hydrogens is 505 g/mol. The maximum absolute atomic E-state index is 14.4. The van der Waals surface area contributed by atoms with Crippen molar-refractivity contribution in [2.45, 2.75) is 25.5 Å². The number of aromatic nitrogens is 4. The SMILES string of the molecule is CC(C1=C(c2cccc(F)c2)C(C=O)c2ccccc2O1)n1nc(-c2csc(CO)c2)c2c(N)ncnc21. The minimum Gasteiger partial charge on any atom is -0.459 e. The fourth-order valence-electron chi connectivity index (χ4n) is 4.91. The molecule has 0 saturated carbocycles. The number of ether oxygens (including phenoxy) is 1. The summed E-state index contributed by atoms with van der Waals surface area (Å²) in [5.41, 5.74) is 9.89. The first-order chi connectivity index (χ1) is 18.5. The van der Waals surface area contributed by atoms with Crippen LogP contribution in [0.2, 0.25) is 0 Å². The lowest BCUT2D eigenvalue weighted by atomic mass is 9.83. The van der Waals surface area contributed by atoms with Crippen LogP contribution < -0.4 is 10.5 Å². The highest BCUT2D eigenvalue weighted by Gasteiger charge is 2.35. The predicted molar refractivity (Wildman–Crippen MR) is 143 cm³/mol. The van der Waals surface area contributed by atoms with E-state index >= 15 is 0 Å². The van der Waals surface area contributed by atoms with Gasteiger partial charge < -0.3 is 20.4 Å². The van der Waals surface area contributed by atoms with Gasteiger partial charge in [-0.15, -0.1) is 11.3 Å². The number of carbonyl (C=O) groups excluding carboxylic acids is 1. The standard InChI is InChI=1S/C28H22FN5O3S/c1-15(34-28-24(27(30)31-14-32-28)25(33-34)17-10-19(11-35)38-13-17)26-23(16-5-4-6-18(29)9-16)21(12-36)20-7-2-3-8-22(20)37-26/h2-10,12-15,21,35H,11H2,1H3,(H2,30,31,32). The molecule has 0 amide bonds. The predicted octanol–water partition coefficient (Wildman–Crippen LogP) is 5.12. The van der Waals surface area contributed by atoms with Gasteiger partial charge in [-0.05, 0) is 36.8 Å². The summed E-state index contributed by atoms with van der Waals surface area (Å²) in [5, 5.41) is 16.9. The molecule has 3 N–H and O–H groups in total. The highest BCUT2D eigenvalue weighted by molar-refractivity contribution is 7.10. The lowest BCUT2D eigenvalue weighted by Crippen LogP contribution is -2.23. The van der Waals surface area contributed by atoms with Crippen LogP contribution in [0, 0.1) is 5.82 Å². The quantitative estimate of drug-likeness (QED) is 0.295. The molecule has 2 aromatic carbocycles. The number of aliphatic hydroxyl groups is 1. The van der Waals surface area contributed by atoms with Crippen LogP contribution in [-0.2, 0) is 11.4 Å². The summed E-state index contributed by atoms with van der Waals surface area (Å²) < 4.78 is 22.5. The van der Waals surface area contributed by atoms with Crippen LogP contribution in [0.4, 0.5) is 10.2 Å². The number of carbonyl (C=O) groups is 1. The van der Waals surface area contributed by atoms with Crippen molar-refractivity contribution in [2.75, 3.05) is 5.73 Å². The van der Waals surface area contributed by atoms with Gasteiger partial charge in [0.05, 0.1) is 17.9 Å². The molecule has 190 valence electrons. The third kappa shape index (κ3) is 3.85. The van der Waals surface area contributed by atoms with Crippen molar-refractivity contribution in [3.05, 3.63) is 93.9 Å². The number of anilines is 1. The maximum Gasteiger partial charge on any atom is 0.164 e. The Labute approximate surface area is 220 Å². The number of benzene rings is 2. The van der Waals surface area contributed by atoms with Crippen LogP contribution in [0.15, 0.2) is 72.1 Å². The van der Waals surface area contributed by atoms with E-state index in [1.165, 1.54) is 29.8 Å². The third-order valence-electron chi connectivity index (χ3n) is 6.67. The van der Waals surface area contributed by atoms with Crippen LogP contribution in [0.1, 0.15) is 34.9 Å². The zero-order chi connectivity index (χ0) is 26.4. The van der Waals surface area contributed by atoms with Gasteiger partial charge in [0, 0.05) is 27.0 Å². The average Bonchev–Trinajstić information content (AvgIpc) is 3.57. The minimum absolute atomic E-state index is 0.0874. The number of allylic oxidation sites excluding steroid dienone is 2. The van der Waals surface area contributed by atoms with Gasteiger partial charge >= 0.3 is 0 Å². The maximum atomic E-state index is 14.4. The Morgan fingerprint density at radius 3 is 2.79 bits per heavy atom. The molecule has 38 heavy (non-hydrogen) atoms. The molecule has 0 spiro atoms. The second-order valence-electron chi connectivity index (χ2n) is 8.93. The molecule has 0 saturated heterocycles. The zero-order valence-electron chi connectivity index (χ0n) is 20.2. The number of hydrogen-bond donors (Lipinski definition) is 2. The van der Waals surface area contributed by atoms with Gasteiger partial charge in [0.1, 0.15) is 47.5 Å². The van der Waals surface area contributed by atoms with Crippen LogP contribution in [0.3, 0.4) is 0 Å². The van der Waals surface area contributed by atoms with Crippen LogP contribution in [-0.4, -0.2) is 31.1 Å². The first-order valence-corrected chi connectivity index (χ1v) is 12.8. The van der Waals surface area contributed by atoms with Gasteiger partial charge in [-0.1, -0.05) is 30.3 Å². The number of para-hydroxylation sites is 1. The molecule has 0 fully saturated rings. The van der Waals surface area contributed by atoms with Crippen molar-refractivity contribution < 1.29 is 19.0 Å². The fraction of sp³-hybridized carbons (Fsp3) is 0.143. The summed E-state index contributed by atoms with van der Waals surface area (Å²) in [6, 6.07) is 14.7. The van der Waals surface area contributed by atoms with Crippen LogP contribution in [0.5, 0.6) is 5.75 Å². The molecule has 0 aliphatic carbocycles. The molecule has 4 heterocycles. The van der Waals surface area contributed by atoms with Gasteiger partial charge in [-0.2, -0.15) is 5.10 Å². The summed E-state index contributed by atoms with van der Waals surface area (Å²) in [7, 11) is 0. The molecule has 8 nitrogen and oxygen atoms in total. The van der Waals surface area contributed by atoms with Crippen molar-refractivity contribution in [1.82, 2.24) is 19.7 Å². The summed E-state index contributed by atoms with van der Waals surface area (Å²) in [4.78, 5) is 21.9. The normalized spacial score (nSPS) is 15.8. The number of halogens is 1. The van der Waals surface area contributed by atoms with E-state index in [4.69, 9.17) is 15.6 Å². The fourth-order valence-corrected chi connectivity index (χ4v) is 5.64. The highest BCUT2D eigenvalue weighted by atomic mass is 32.1. The number of hydrogen-bond acceptors (Lipinski definition) is 8. The molecular formula is C28H22FN5O3S. The summed E-state index contributed by atoms with van der Waals surface area (Å²) in [5.74, 6) is 0.156. The molecule has 1 aliphatic heterocycles. The lowest BCUT2D eigenvalue weighted by molar-refractivity contribution is -0.108. The van der Waals surface area contributed by atoms with E-state index in [1.807, 2.05) is 36.6 Å². The Morgan fingerprint density at radius 2 is 2.03 bits per heavy atom. The second kappa shape index (κ2) is 9.47. The monoisotopic (exact) mass is 527 g/mol. The average molecular weight is 528 g/mol. The Hall–Kier alpha value is -4.41. The number of aldehydes is 1. The zero-order valence-corrected chi connectivity index (χ0v) is 21.0. The molecule has 2 unspecified atom stereocenters. The topological polar surface area (TPSA) is 116 Å². The van der Waals surface area contributed by atoms with Crippen LogP contribution >= 0.6 is 11.3 Å². The second-order valence-corrected chi connectivity index (χ2v) is 9.92. The van der Waals surface area contributed by atoms with E-state index in [0.717, 1.165) is 16.7 Å². The van der Waals surface area contributed by atoms with Crippen molar-refractivity contribution in [3.8, 4) is 17.0 Å². The molecule has 6 rings (SSSR count). The van der Waals surface area contributed by atoms with Gasteiger partial charge in [0.2, 0.25) is 0 Å². The molecule has 1 aliphatic rings. The van der Waals surface area contributed by atoms with Gasteiger partial charge in [-0.25, -0.2) is 19.0 Å². The van der Waals surface area contributed by atoms with Gasteiger partial charge in [-0.3, -0.25) is 0 Å². The first kappa shape index (κ1) is 24.0. The number of nitrogens with zero attached hydrogens (tertiary/aromatic N) is 4. The highest BCUT2D eigenvalue weighted by Crippen LogP contribution is 2.46. The number of nitrogens with two attached hydrogens (primary N) is 1. The lowest BCUT2D eigenvalue weighted by Gasteiger charge is -2.31. The van der Waals surface area contributed by atoms with Gasteiger partial charge in [0.15, 0.2) is 5.65 Å². The number of nitrogen functional groups attached to an aromatic ring is 1. The number of aliphatic hydroxyl groups excluding tert-OH is 1. The molecule has 5 aromatic rings. The summed E-state index contributed by atoms with van der Waals surface area (Å²) >= 11 is 1.41. The Morgan fingerprint density at radius 1 is 1.18 bits per heavy atom. The van der Waals surface area contributed by atoms with E-state index in [-0.39, 0.29) is 12.4 Å². The number of thiophene rings is 1. The van der Waals surface area contributed by atoms with Crippen molar-refractivity contribution in [1.29, 1.82) is 0 Å². The van der Waals surface area contributed by atoms with E-state index in [0.29, 0.717) is 44.9 Å². The third-order valence-corrected chi connectivity index (χ3v) is 7.59.